The summed E-state index contributed by atoms with van der Waals surface area (Å²) in [6.45, 7) is 20.1. The second-order valence-corrected chi connectivity index (χ2v) is 24.1. The van der Waals surface area contributed by atoms with Crippen LogP contribution in [0.25, 0.3) is 0 Å². The highest BCUT2D eigenvalue weighted by Crippen LogP contribution is 2.31. The standard InChI is InChI=1S/2C22H32N4O4S2/c2*1-17-16-30-12-11-24(17)14-20-15-25(32(28,29)21-23-8-13-31-21)9-10-26(20)19-6-4-18(5-7-19)22(2,3)27/h2*4-8,13,17,20,27H,9-12,14-16H2,1-3H3/t2*17-,20-/m00/s1. The van der Waals surface area contributed by atoms with E-state index in [1.807, 2.05) is 48.5 Å². The molecule has 4 atom stereocenters. The van der Waals surface area contributed by atoms with Gasteiger partial charge in [-0.25, -0.2) is 26.8 Å². The molecule has 6 heterocycles. The van der Waals surface area contributed by atoms with E-state index in [4.69, 9.17) is 9.47 Å². The molecule has 20 heteroatoms. The highest BCUT2D eigenvalue weighted by Gasteiger charge is 2.39. The molecule has 4 aliphatic heterocycles. The van der Waals surface area contributed by atoms with Gasteiger partial charge in [0.25, 0.3) is 20.0 Å². The van der Waals surface area contributed by atoms with Crippen molar-refractivity contribution < 1.29 is 36.5 Å². The number of morpholine rings is 2. The number of rotatable bonds is 12. The van der Waals surface area contributed by atoms with Crippen LogP contribution in [0.4, 0.5) is 11.4 Å². The lowest BCUT2D eigenvalue weighted by atomic mass is 9.98. The van der Waals surface area contributed by atoms with Gasteiger partial charge in [0.05, 0.1) is 49.7 Å². The van der Waals surface area contributed by atoms with Crippen molar-refractivity contribution in [1.82, 2.24) is 28.4 Å². The third kappa shape index (κ3) is 11.5. The Morgan fingerprint density at radius 1 is 0.609 bits per heavy atom. The van der Waals surface area contributed by atoms with Gasteiger partial charge in [0, 0.05) is 112 Å². The minimum absolute atomic E-state index is 0.00739. The van der Waals surface area contributed by atoms with Crippen LogP contribution in [-0.4, -0.2) is 171 Å². The van der Waals surface area contributed by atoms with Crippen LogP contribution in [-0.2, 0) is 40.7 Å². The zero-order valence-electron chi connectivity index (χ0n) is 37.7. The normalized spacial score (nSPS) is 24.1. The molecular formula is C44H64N8O8S4. The van der Waals surface area contributed by atoms with Crippen LogP contribution < -0.4 is 9.80 Å². The molecule has 16 nitrogen and oxygen atoms in total. The molecule has 0 saturated carbocycles. The molecule has 64 heavy (non-hydrogen) atoms. The number of piperazine rings is 2. The summed E-state index contributed by atoms with van der Waals surface area (Å²) in [5.41, 5.74) is 1.98. The van der Waals surface area contributed by atoms with Crippen molar-refractivity contribution in [1.29, 1.82) is 0 Å². The van der Waals surface area contributed by atoms with E-state index in [9.17, 15) is 27.0 Å². The molecule has 0 aliphatic carbocycles. The molecule has 0 spiro atoms. The van der Waals surface area contributed by atoms with Crippen LogP contribution in [0.1, 0.15) is 52.7 Å². The predicted molar refractivity (Wildman–Crippen MR) is 251 cm³/mol. The van der Waals surface area contributed by atoms with Gasteiger partial charge in [-0.3, -0.25) is 9.80 Å². The summed E-state index contributed by atoms with van der Waals surface area (Å²) >= 11 is 2.31. The molecule has 8 rings (SSSR count). The zero-order valence-corrected chi connectivity index (χ0v) is 41.0. The van der Waals surface area contributed by atoms with Crippen LogP contribution in [0.2, 0.25) is 0 Å². The Balaban J connectivity index is 0.000000191. The van der Waals surface area contributed by atoms with Gasteiger partial charge < -0.3 is 29.5 Å². The monoisotopic (exact) mass is 960 g/mol. The summed E-state index contributed by atoms with van der Waals surface area (Å²) in [4.78, 5) is 17.5. The Kier molecular flexibility index (Phi) is 15.6. The van der Waals surface area contributed by atoms with Crippen molar-refractivity contribution >= 4 is 54.1 Å². The van der Waals surface area contributed by atoms with Gasteiger partial charge in [0.2, 0.25) is 8.68 Å². The molecule has 4 saturated heterocycles. The number of ether oxygens (including phenoxy) is 2. The summed E-state index contributed by atoms with van der Waals surface area (Å²) in [6.07, 6.45) is 3.07. The van der Waals surface area contributed by atoms with E-state index >= 15 is 0 Å². The van der Waals surface area contributed by atoms with E-state index in [0.29, 0.717) is 65.7 Å². The number of aliphatic hydroxyl groups is 2. The van der Waals surface area contributed by atoms with E-state index < -0.39 is 31.2 Å². The van der Waals surface area contributed by atoms with Crippen LogP contribution >= 0.6 is 22.7 Å². The van der Waals surface area contributed by atoms with Crippen molar-refractivity contribution in [3.8, 4) is 0 Å². The molecule has 352 valence electrons. The SMILES string of the molecule is C[C@H]1COCCN1C[C@H]1CN(S(=O)(=O)c2nccs2)CCN1c1ccc(C(C)(C)O)cc1.C[C@H]1COCCN1C[C@H]1CN(S(=O)(=O)c2nccs2)CCN1c1ccc(C(C)(C)O)cc1. The van der Waals surface area contributed by atoms with Crippen molar-refractivity contribution in [2.75, 3.05) is 102 Å². The number of hydrogen-bond donors (Lipinski definition) is 2. The Labute approximate surface area is 387 Å². The highest BCUT2D eigenvalue weighted by molar-refractivity contribution is 7.91. The molecule has 0 radical (unpaired) electrons. The number of aromatic nitrogens is 2. The lowest BCUT2D eigenvalue weighted by Crippen LogP contribution is -2.60. The van der Waals surface area contributed by atoms with Crippen molar-refractivity contribution in [3.05, 3.63) is 82.8 Å². The maximum absolute atomic E-state index is 13.1. The fourth-order valence-electron chi connectivity index (χ4n) is 8.71. The molecular weight excluding hydrogens is 897 g/mol. The van der Waals surface area contributed by atoms with Gasteiger partial charge in [0.1, 0.15) is 0 Å². The summed E-state index contributed by atoms with van der Waals surface area (Å²) in [5.74, 6) is 0. The Morgan fingerprint density at radius 2 is 0.984 bits per heavy atom. The summed E-state index contributed by atoms with van der Waals surface area (Å²) < 4.78 is 67.2. The summed E-state index contributed by atoms with van der Waals surface area (Å²) in [7, 11) is -7.20. The summed E-state index contributed by atoms with van der Waals surface area (Å²) in [5, 5.41) is 24.0. The topological polar surface area (TPSA) is 172 Å². The molecule has 2 aromatic heterocycles. The number of benzene rings is 2. The highest BCUT2D eigenvalue weighted by atomic mass is 32.3. The third-order valence-electron chi connectivity index (χ3n) is 12.5. The lowest BCUT2D eigenvalue weighted by Gasteiger charge is -2.45. The van der Waals surface area contributed by atoms with E-state index in [0.717, 1.165) is 71.4 Å². The predicted octanol–water partition coefficient (Wildman–Crippen LogP) is 3.94. The van der Waals surface area contributed by atoms with Gasteiger partial charge in [-0.2, -0.15) is 8.61 Å². The Morgan fingerprint density at radius 3 is 1.30 bits per heavy atom. The average molecular weight is 961 g/mol. The van der Waals surface area contributed by atoms with Crippen molar-refractivity contribution in [2.24, 2.45) is 0 Å². The van der Waals surface area contributed by atoms with E-state index in [1.54, 1.807) is 47.1 Å². The fraction of sp³-hybridized carbons (Fsp3) is 0.591. The molecule has 4 fully saturated rings. The van der Waals surface area contributed by atoms with Crippen LogP contribution in [0, 0.1) is 0 Å². The van der Waals surface area contributed by atoms with Crippen molar-refractivity contribution in [2.45, 2.75) is 85.6 Å². The first-order valence-corrected chi connectivity index (χ1v) is 26.6. The molecule has 0 amide bonds. The first-order valence-electron chi connectivity index (χ1n) is 21.9. The van der Waals surface area contributed by atoms with Gasteiger partial charge in [-0.15, -0.1) is 22.7 Å². The molecule has 4 aliphatic rings. The van der Waals surface area contributed by atoms with Gasteiger partial charge in [-0.05, 0) is 76.9 Å². The first kappa shape index (κ1) is 48.8. The molecule has 4 aromatic rings. The smallest absolute Gasteiger partial charge is 0.270 e. The Bertz CT molecular complexity index is 2140. The molecule has 0 unspecified atom stereocenters. The Hall–Kier alpha value is -3.12. The summed E-state index contributed by atoms with van der Waals surface area (Å²) in [6, 6.07) is 16.4. The van der Waals surface area contributed by atoms with Crippen LogP contribution in [0.15, 0.2) is 80.4 Å². The molecule has 0 bridgehead atoms. The quantitative estimate of drug-likeness (QED) is 0.209. The van der Waals surface area contributed by atoms with Gasteiger partial charge >= 0.3 is 0 Å². The van der Waals surface area contributed by atoms with Crippen molar-refractivity contribution in [3.63, 3.8) is 0 Å². The number of nitrogens with zero attached hydrogens (tertiary/aromatic N) is 8. The van der Waals surface area contributed by atoms with E-state index in [-0.39, 0.29) is 32.8 Å². The largest absolute Gasteiger partial charge is 0.386 e. The van der Waals surface area contributed by atoms with Crippen LogP contribution in [0.5, 0.6) is 0 Å². The first-order chi connectivity index (χ1) is 30.3. The van der Waals surface area contributed by atoms with Crippen LogP contribution in [0.3, 0.4) is 0 Å². The third-order valence-corrected chi connectivity index (χ3v) is 18.6. The number of sulfonamides is 2. The maximum Gasteiger partial charge on any atom is 0.270 e. The number of thiazole rings is 2. The van der Waals surface area contributed by atoms with E-state index in [2.05, 4.69) is 43.4 Å². The zero-order chi connectivity index (χ0) is 45.9. The fourth-order valence-corrected chi connectivity index (χ4v) is 13.6. The van der Waals surface area contributed by atoms with E-state index in [1.165, 1.54) is 12.4 Å². The number of hydrogen-bond acceptors (Lipinski definition) is 16. The lowest BCUT2D eigenvalue weighted by molar-refractivity contribution is -0.00447. The number of anilines is 2. The second-order valence-electron chi connectivity index (χ2n) is 18.1. The average Bonchev–Trinajstić information content (AvgIpc) is 4.03. The second kappa shape index (κ2) is 20.4. The molecule has 2 aromatic carbocycles. The van der Waals surface area contributed by atoms with Gasteiger partial charge in [0.15, 0.2) is 0 Å². The maximum atomic E-state index is 13.1. The minimum Gasteiger partial charge on any atom is -0.386 e. The molecule has 2 N–H and O–H groups in total. The van der Waals surface area contributed by atoms with Gasteiger partial charge in [-0.1, -0.05) is 24.3 Å². The minimum atomic E-state index is -3.60.